The van der Waals surface area contributed by atoms with Crippen LogP contribution in [0, 0.1) is 12.8 Å². The molecule has 5 nitrogen and oxygen atoms in total. The van der Waals surface area contributed by atoms with E-state index in [-0.39, 0.29) is 6.10 Å². The summed E-state index contributed by atoms with van der Waals surface area (Å²) in [4.78, 5) is 6.82. The number of aliphatic hydroxyl groups excluding tert-OH is 1. The molecule has 1 saturated carbocycles. The second-order valence-corrected chi connectivity index (χ2v) is 6.36. The molecule has 0 radical (unpaired) electrons. The van der Waals surface area contributed by atoms with Crippen molar-refractivity contribution in [1.29, 1.82) is 0 Å². The molecule has 20 heavy (non-hydrogen) atoms. The van der Waals surface area contributed by atoms with E-state index < -0.39 is 0 Å². The van der Waals surface area contributed by atoms with Gasteiger partial charge in [0, 0.05) is 25.9 Å². The summed E-state index contributed by atoms with van der Waals surface area (Å²) in [6.45, 7) is 4.03. The van der Waals surface area contributed by atoms with Crippen molar-refractivity contribution >= 4 is 0 Å². The number of hydrogen-bond acceptors (Lipinski definition) is 5. The first-order valence-corrected chi connectivity index (χ1v) is 7.93. The van der Waals surface area contributed by atoms with Crippen molar-refractivity contribution in [2.45, 2.75) is 64.0 Å². The van der Waals surface area contributed by atoms with E-state index in [4.69, 9.17) is 4.52 Å². The topological polar surface area (TPSA) is 62.4 Å². The van der Waals surface area contributed by atoms with E-state index in [2.05, 4.69) is 15.0 Å². The highest BCUT2D eigenvalue weighted by atomic mass is 16.5. The minimum atomic E-state index is -0.130. The number of nitrogens with zero attached hydrogens (tertiary/aromatic N) is 3. The molecule has 3 unspecified atom stereocenters. The molecule has 0 aromatic carbocycles. The lowest BCUT2D eigenvalue weighted by atomic mass is 9.87. The van der Waals surface area contributed by atoms with Gasteiger partial charge in [0.1, 0.15) is 0 Å². The summed E-state index contributed by atoms with van der Waals surface area (Å²) in [6.07, 6.45) is 7.76. The monoisotopic (exact) mass is 279 g/mol. The Morgan fingerprint density at radius 2 is 2.10 bits per heavy atom. The van der Waals surface area contributed by atoms with E-state index in [1.165, 1.54) is 25.7 Å². The molecule has 1 aromatic rings. The Kier molecular flexibility index (Phi) is 4.36. The number of aliphatic hydroxyl groups is 1. The van der Waals surface area contributed by atoms with Gasteiger partial charge in [0.15, 0.2) is 5.82 Å². The summed E-state index contributed by atoms with van der Waals surface area (Å²) < 4.78 is 5.05. The van der Waals surface area contributed by atoms with Gasteiger partial charge >= 0.3 is 0 Å². The van der Waals surface area contributed by atoms with Crippen LogP contribution in [0.4, 0.5) is 0 Å². The van der Waals surface area contributed by atoms with Crippen LogP contribution in [0.3, 0.4) is 0 Å². The highest BCUT2D eigenvalue weighted by Gasteiger charge is 2.32. The number of aromatic nitrogens is 2. The number of hydrogen-bond donors (Lipinski definition) is 1. The maximum Gasteiger partial charge on any atom is 0.223 e. The zero-order valence-electron chi connectivity index (χ0n) is 12.3. The molecule has 3 rings (SSSR count). The lowest BCUT2D eigenvalue weighted by molar-refractivity contribution is 0.0000510. The molecule has 1 aromatic heterocycles. The Morgan fingerprint density at radius 1 is 1.25 bits per heavy atom. The van der Waals surface area contributed by atoms with Crippen molar-refractivity contribution in [3.8, 4) is 0 Å². The van der Waals surface area contributed by atoms with Gasteiger partial charge in [-0.1, -0.05) is 18.0 Å². The third-order valence-corrected chi connectivity index (χ3v) is 4.75. The Bertz CT molecular complexity index is 435. The molecule has 3 atom stereocenters. The molecular formula is C15H25N3O2. The largest absolute Gasteiger partial charge is 0.391 e. The van der Waals surface area contributed by atoms with Gasteiger partial charge in [-0.15, -0.1) is 0 Å². The van der Waals surface area contributed by atoms with Crippen molar-refractivity contribution in [3.63, 3.8) is 0 Å². The first kappa shape index (κ1) is 14.0. The molecular weight excluding hydrogens is 254 g/mol. The van der Waals surface area contributed by atoms with Gasteiger partial charge in [-0.25, -0.2) is 0 Å². The van der Waals surface area contributed by atoms with Crippen molar-refractivity contribution in [3.05, 3.63) is 11.7 Å². The van der Waals surface area contributed by atoms with Crippen LogP contribution in [-0.4, -0.2) is 45.4 Å². The van der Waals surface area contributed by atoms with Gasteiger partial charge < -0.3 is 9.63 Å². The van der Waals surface area contributed by atoms with E-state index in [1.807, 2.05) is 6.92 Å². The fraction of sp³-hybridized carbons (Fsp3) is 0.867. The zero-order valence-corrected chi connectivity index (χ0v) is 12.3. The minimum Gasteiger partial charge on any atom is -0.391 e. The lowest BCUT2D eigenvalue weighted by Crippen LogP contribution is -2.49. The lowest BCUT2D eigenvalue weighted by Gasteiger charge is -2.42. The maximum absolute atomic E-state index is 10.2. The normalized spacial score (nSPS) is 32.4. The standard InChI is InChI=1S/C15H25N3O2/c1-11-16-15(17-20-11)9-12-5-4-8-18(10-12)13-6-2-3-7-14(13)19/h12-14,19H,2-10H2,1H3. The van der Waals surface area contributed by atoms with Gasteiger partial charge in [0.2, 0.25) is 5.89 Å². The van der Waals surface area contributed by atoms with E-state index >= 15 is 0 Å². The Balaban J connectivity index is 1.58. The molecule has 0 amide bonds. The van der Waals surface area contributed by atoms with Crippen LogP contribution in [0.15, 0.2) is 4.52 Å². The van der Waals surface area contributed by atoms with E-state index in [1.54, 1.807) is 0 Å². The number of piperidine rings is 1. The van der Waals surface area contributed by atoms with Crippen molar-refractivity contribution < 1.29 is 9.63 Å². The predicted octanol–water partition coefficient (Wildman–Crippen LogP) is 1.94. The predicted molar refractivity (Wildman–Crippen MR) is 75.3 cm³/mol. The molecule has 1 aliphatic carbocycles. The van der Waals surface area contributed by atoms with Gasteiger partial charge in [-0.05, 0) is 38.1 Å². The second-order valence-electron chi connectivity index (χ2n) is 6.36. The summed E-state index contributed by atoms with van der Waals surface area (Å²) >= 11 is 0. The minimum absolute atomic E-state index is 0.130. The smallest absolute Gasteiger partial charge is 0.223 e. The molecule has 1 N–H and O–H groups in total. The van der Waals surface area contributed by atoms with E-state index in [0.29, 0.717) is 17.9 Å². The fourth-order valence-electron chi connectivity index (χ4n) is 3.77. The second kappa shape index (κ2) is 6.22. The summed E-state index contributed by atoms with van der Waals surface area (Å²) in [5.41, 5.74) is 0. The summed E-state index contributed by atoms with van der Waals surface area (Å²) in [5.74, 6) is 2.07. The van der Waals surface area contributed by atoms with Gasteiger partial charge in [0.05, 0.1) is 6.10 Å². The van der Waals surface area contributed by atoms with Crippen LogP contribution in [0.25, 0.3) is 0 Å². The molecule has 0 spiro atoms. The maximum atomic E-state index is 10.2. The third-order valence-electron chi connectivity index (χ3n) is 4.75. The Morgan fingerprint density at radius 3 is 2.85 bits per heavy atom. The first-order chi connectivity index (χ1) is 9.72. The molecule has 2 aliphatic rings. The van der Waals surface area contributed by atoms with Gasteiger partial charge in [0.25, 0.3) is 0 Å². The molecule has 2 fully saturated rings. The Labute approximate surface area is 120 Å². The van der Waals surface area contributed by atoms with Crippen molar-refractivity contribution in [2.75, 3.05) is 13.1 Å². The zero-order chi connectivity index (χ0) is 13.9. The van der Waals surface area contributed by atoms with Gasteiger partial charge in [-0.2, -0.15) is 4.98 Å². The average molecular weight is 279 g/mol. The number of likely N-dealkylation sites (tertiary alicyclic amines) is 1. The van der Waals surface area contributed by atoms with Crippen LogP contribution in [0.5, 0.6) is 0 Å². The summed E-state index contributed by atoms with van der Waals surface area (Å²) in [5, 5.41) is 14.2. The molecule has 2 heterocycles. The number of rotatable bonds is 3. The van der Waals surface area contributed by atoms with Crippen molar-refractivity contribution in [2.24, 2.45) is 5.92 Å². The summed E-state index contributed by atoms with van der Waals surface area (Å²) in [6, 6.07) is 0.374. The molecule has 1 saturated heterocycles. The molecule has 0 bridgehead atoms. The van der Waals surface area contributed by atoms with E-state index in [9.17, 15) is 5.11 Å². The first-order valence-electron chi connectivity index (χ1n) is 7.93. The molecule has 1 aliphatic heterocycles. The fourth-order valence-corrected chi connectivity index (χ4v) is 3.77. The van der Waals surface area contributed by atoms with Crippen LogP contribution in [0.2, 0.25) is 0 Å². The SMILES string of the molecule is Cc1nc(CC2CCCN(C3CCCCC3O)C2)no1. The van der Waals surface area contributed by atoms with Crippen LogP contribution in [0.1, 0.15) is 50.2 Å². The van der Waals surface area contributed by atoms with Crippen LogP contribution in [-0.2, 0) is 6.42 Å². The highest BCUT2D eigenvalue weighted by molar-refractivity contribution is 4.91. The average Bonchev–Trinajstić information content (AvgIpc) is 2.85. The molecule has 112 valence electrons. The quantitative estimate of drug-likeness (QED) is 0.916. The van der Waals surface area contributed by atoms with E-state index in [0.717, 1.165) is 38.2 Å². The Hall–Kier alpha value is -0.940. The van der Waals surface area contributed by atoms with Crippen molar-refractivity contribution in [1.82, 2.24) is 15.0 Å². The van der Waals surface area contributed by atoms with Gasteiger partial charge in [-0.3, -0.25) is 4.90 Å². The van der Waals surface area contributed by atoms with Crippen LogP contribution >= 0.6 is 0 Å². The molecule has 5 heteroatoms. The van der Waals surface area contributed by atoms with Crippen LogP contribution < -0.4 is 0 Å². The highest BCUT2D eigenvalue weighted by Crippen LogP contribution is 2.28. The third kappa shape index (κ3) is 3.20. The number of aryl methyl sites for hydroxylation is 1. The summed E-state index contributed by atoms with van der Waals surface area (Å²) in [7, 11) is 0.